The Morgan fingerprint density at radius 2 is 1.73 bits per heavy atom. The molecule has 0 aliphatic carbocycles. The molecule has 70 valence electrons. The molecule has 0 aliphatic heterocycles. The Morgan fingerprint density at radius 3 is 1.82 bits per heavy atom. The summed E-state index contributed by atoms with van der Waals surface area (Å²) in [6.07, 6.45) is 1.80. The monoisotopic (exact) mass is 163 g/mol. The van der Waals surface area contributed by atoms with Gasteiger partial charge in [-0.05, 0) is 0 Å². The van der Waals surface area contributed by atoms with Crippen molar-refractivity contribution in [3.63, 3.8) is 0 Å². The van der Waals surface area contributed by atoms with Gasteiger partial charge >= 0.3 is 0 Å². The Balaban J connectivity index is -0.000000109. The molecule has 3 heteroatoms. The summed E-state index contributed by atoms with van der Waals surface area (Å²) in [6.45, 7) is 8.61. The van der Waals surface area contributed by atoms with E-state index < -0.39 is 0 Å². The Morgan fingerprint density at radius 1 is 1.36 bits per heavy atom. The normalized spacial score (nSPS) is 6.27. The minimum atomic E-state index is 0.0126. The van der Waals surface area contributed by atoms with Crippen molar-refractivity contribution >= 4 is 6.41 Å². The molecule has 0 rings (SSSR count). The van der Waals surface area contributed by atoms with E-state index in [1.807, 2.05) is 13.8 Å². The highest BCUT2D eigenvalue weighted by atomic mass is 16.3. The Labute approximate surface area is 69.8 Å². The second kappa shape index (κ2) is 34.1. The highest BCUT2D eigenvalue weighted by Gasteiger charge is 1.70. The fraction of sp³-hybridized carbons (Fsp3) is 0.875. The molecular weight excluding hydrogens is 142 g/mol. The third kappa shape index (κ3) is 88.2. The zero-order chi connectivity index (χ0) is 9.54. The number of hydrogen-bond donors (Lipinski definition) is 2. The molecule has 0 saturated heterocycles. The maximum absolute atomic E-state index is 9.34. The first kappa shape index (κ1) is 16.8. The third-order valence-corrected chi connectivity index (χ3v) is 0.339. The zero-order valence-corrected chi connectivity index (χ0v) is 8.05. The Kier molecular flexibility index (Phi) is 52.2. The molecule has 11 heavy (non-hydrogen) atoms. The molecule has 0 aromatic heterocycles. The molecule has 0 aromatic carbocycles. The van der Waals surface area contributed by atoms with Crippen LogP contribution in [0.15, 0.2) is 0 Å². The van der Waals surface area contributed by atoms with Crippen LogP contribution in [0.5, 0.6) is 0 Å². The molecule has 0 aromatic rings. The highest BCUT2D eigenvalue weighted by Crippen LogP contribution is 1.56. The molecule has 0 aliphatic rings. The highest BCUT2D eigenvalue weighted by molar-refractivity contribution is 5.45. The minimum Gasteiger partial charge on any atom is -0.395 e. The summed E-state index contributed by atoms with van der Waals surface area (Å²) in [5.41, 5.74) is 0. The Hall–Kier alpha value is -0.570. The van der Waals surface area contributed by atoms with E-state index in [0.717, 1.165) is 0 Å². The van der Waals surface area contributed by atoms with Gasteiger partial charge < -0.3 is 10.4 Å². The van der Waals surface area contributed by atoms with Crippen molar-refractivity contribution in [2.45, 2.75) is 34.1 Å². The summed E-state index contributed by atoms with van der Waals surface area (Å²) >= 11 is 0. The lowest BCUT2D eigenvalue weighted by Gasteiger charge is -1.85. The third-order valence-electron chi connectivity index (χ3n) is 0.339. The van der Waals surface area contributed by atoms with Gasteiger partial charge in [-0.25, -0.2) is 0 Å². The van der Waals surface area contributed by atoms with Crippen LogP contribution in [0.1, 0.15) is 34.1 Å². The number of carbonyl (C=O) groups is 1. The number of rotatable bonds is 3. The van der Waals surface area contributed by atoms with Crippen LogP contribution in [-0.2, 0) is 4.79 Å². The molecule has 0 radical (unpaired) electrons. The second-order valence-electron chi connectivity index (χ2n) is 1.50. The minimum absolute atomic E-state index is 0.0126. The van der Waals surface area contributed by atoms with Crippen LogP contribution in [0.25, 0.3) is 0 Å². The van der Waals surface area contributed by atoms with Crippen LogP contribution >= 0.6 is 0 Å². The van der Waals surface area contributed by atoms with Crippen molar-refractivity contribution in [3.8, 4) is 0 Å². The van der Waals surface area contributed by atoms with Crippen molar-refractivity contribution < 1.29 is 9.90 Å². The lowest BCUT2D eigenvalue weighted by Crippen LogP contribution is -2.14. The maximum Gasteiger partial charge on any atom is 0.207 e. The fourth-order valence-corrected chi connectivity index (χ4v) is 0.123. The molecule has 0 fully saturated rings. The first-order chi connectivity index (χ1) is 5.33. The van der Waals surface area contributed by atoms with Crippen molar-refractivity contribution in [2.24, 2.45) is 0 Å². The number of aliphatic hydroxyl groups is 1. The summed E-state index contributed by atoms with van der Waals surface area (Å²) in [6, 6.07) is 0. The van der Waals surface area contributed by atoms with E-state index in [1.54, 1.807) is 0 Å². The lowest BCUT2D eigenvalue weighted by atomic mass is 10.6. The molecule has 0 saturated carbocycles. The Bertz CT molecular complexity index is 49.4. The van der Waals surface area contributed by atoms with Crippen molar-refractivity contribution in [1.82, 2.24) is 5.32 Å². The van der Waals surface area contributed by atoms with Gasteiger partial charge in [-0.1, -0.05) is 34.1 Å². The molecule has 3 nitrogen and oxygen atoms in total. The van der Waals surface area contributed by atoms with Gasteiger partial charge in [0.25, 0.3) is 0 Å². The van der Waals surface area contributed by atoms with E-state index in [2.05, 4.69) is 19.2 Å². The molecule has 1 amide bonds. The van der Waals surface area contributed by atoms with Gasteiger partial charge in [0.2, 0.25) is 6.41 Å². The molecule has 0 atom stereocenters. The van der Waals surface area contributed by atoms with Crippen LogP contribution in [0.3, 0.4) is 0 Å². The predicted octanol–water partition coefficient (Wildman–Crippen LogP) is 1.17. The average molecular weight is 163 g/mol. The van der Waals surface area contributed by atoms with Crippen LogP contribution < -0.4 is 5.32 Å². The zero-order valence-electron chi connectivity index (χ0n) is 8.05. The molecule has 2 N–H and O–H groups in total. The van der Waals surface area contributed by atoms with Gasteiger partial charge in [0.05, 0.1) is 6.61 Å². The van der Waals surface area contributed by atoms with Crippen molar-refractivity contribution in [1.29, 1.82) is 0 Å². The van der Waals surface area contributed by atoms with Gasteiger partial charge in [-0.2, -0.15) is 0 Å². The average Bonchev–Trinajstić information content (AvgIpc) is 2.06. The van der Waals surface area contributed by atoms with E-state index in [0.29, 0.717) is 13.0 Å². The van der Waals surface area contributed by atoms with Crippen LogP contribution in [0.2, 0.25) is 0 Å². The van der Waals surface area contributed by atoms with Gasteiger partial charge in [-0.3, -0.25) is 4.79 Å². The van der Waals surface area contributed by atoms with Gasteiger partial charge in [-0.15, -0.1) is 0 Å². The van der Waals surface area contributed by atoms with E-state index in [1.165, 1.54) is 6.42 Å². The standard InChI is InChI=1S/C3H7NO2.C3H8.C2H6/c5-2-1-4-3-6;1-3-2;1-2/h3,5H,1-2H2,(H,4,6);3H2,1-2H3;1-2H3. The first-order valence-electron chi connectivity index (χ1n) is 4.11. The number of amides is 1. The summed E-state index contributed by atoms with van der Waals surface area (Å²) < 4.78 is 0. The summed E-state index contributed by atoms with van der Waals surface area (Å²) in [4.78, 5) is 9.34. The topological polar surface area (TPSA) is 49.3 Å². The van der Waals surface area contributed by atoms with Gasteiger partial charge in [0.1, 0.15) is 0 Å². The second-order valence-corrected chi connectivity index (χ2v) is 1.50. The largest absolute Gasteiger partial charge is 0.395 e. The molecule has 0 bridgehead atoms. The molecule has 0 unspecified atom stereocenters. The summed E-state index contributed by atoms with van der Waals surface area (Å²) in [7, 11) is 0. The molecular formula is C8H21NO2. The fourth-order valence-electron chi connectivity index (χ4n) is 0.123. The lowest BCUT2D eigenvalue weighted by molar-refractivity contribution is -0.109. The van der Waals surface area contributed by atoms with Crippen molar-refractivity contribution in [2.75, 3.05) is 13.2 Å². The van der Waals surface area contributed by atoms with E-state index >= 15 is 0 Å². The number of nitrogens with one attached hydrogen (secondary N) is 1. The van der Waals surface area contributed by atoms with Gasteiger partial charge in [0, 0.05) is 6.54 Å². The van der Waals surface area contributed by atoms with E-state index in [4.69, 9.17) is 5.11 Å². The number of aliphatic hydroxyl groups excluding tert-OH is 1. The SMILES string of the molecule is CC.CCC.O=CNCCO. The number of carbonyl (C=O) groups excluding carboxylic acids is 1. The van der Waals surface area contributed by atoms with Crippen LogP contribution in [-0.4, -0.2) is 24.7 Å². The van der Waals surface area contributed by atoms with Crippen LogP contribution in [0.4, 0.5) is 0 Å². The van der Waals surface area contributed by atoms with E-state index in [9.17, 15) is 4.79 Å². The summed E-state index contributed by atoms with van der Waals surface area (Å²) in [5, 5.41) is 10.2. The first-order valence-corrected chi connectivity index (χ1v) is 4.11. The quantitative estimate of drug-likeness (QED) is 0.484. The maximum atomic E-state index is 9.34. The predicted molar refractivity (Wildman–Crippen MR) is 48.5 cm³/mol. The van der Waals surface area contributed by atoms with E-state index in [-0.39, 0.29) is 6.61 Å². The smallest absolute Gasteiger partial charge is 0.207 e. The van der Waals surface area contributed by atoms with Crippen molar-refractivity contribution in [3.05, 3.63) is 0 Å². The number of hydrogen-bond acceptors (Lipinski definition) is 2. The molecule has 0 spiro atoms. The summed E-state index contributed by atoms with van der Waals surface area (Å²) in [5.74, 6) is 0. The van der Waals surface area contributed by atoms with Crippen LogP contribution in [0, 0.1) is 0 Å². The molecule has 0 heterocycles. The van der Waals surface area contributed by atoms with Gasteiger partial charge in [0.15, 0.2) is 0 Å².